The Kier molecular flexibility index (Phi) is 4.24. The molecule has 2 heterocycles. The Bertz CT molecular complexity index is 803. The van der Waals surface area contributed by atoms with Crippen LogP contribution in [-0.4, -0.2) is 22.2 Å². The molecule has 3 rings (SSSR count). The van der Waals surface area contributed by atoms with Crippen molar-refractivity contribution in [3.63, 3.8) is 0 Å². The van der Waals surface area contributed by atoms with Crippen LogP contribution in [0.25, 0.3) is 10.9 Å². The smallest absolute Gasteiger partial charge is 0.261 e. The number of amides is 1. The molecule has 114 valence electrons. The van der Waals surface area contributed by atoms with Gasteiger partial charge in [-0.1, -0.05) is 12.1 Å². The molecule has 0 aliphatic carbocycles. The number of hydrogen-bond acceptors (Lipinski definition) is 3. The lowest BCUT2D eigenvalue weighted by Gasteiger charge is -2.06. The van der Waals surface area contributed by atoms with Gasteiger partial charge in [-0.2, -0.15) is 5.10 Å². The molecular formula is C17H19N3OS. The Morgan fingerprint density at radius 3 is 2.91 bits per heavy atom. The molecule has 4 nitrogen and oxygen atoms in total. The maximum atomic E-state index is 12.0. The Labute approximate surface area is 133 Å². The van der Waals surface area contributed by atoms with E-state index in [9.17, 15) is 4.79 Å². The third kappa shape index (κ3) is 2.90. The van der Waals surface area contributed by atoms with Crippen molar-refractivity contribution in [1.29, 1.82) is 0 Å². The van der Waals surface area contributed by atoms with Crippen LogP contribution < -0.4 is 5.32 Å². The number of aryl methyl sites for hydroxylation is 3. The normalized spacial score (nSPS) is 11.0. The molecular weight excluding hydrogens is 294 g/mol. The molecule has 0 aliphatic rings. The van der Waals surface area contributed by atoms with Crippen LogP contribution in [0.2, 0.25) is 0 Å². The van der Waals surface area contributed by atoms with E-state index in [1.807, 2.05) is 29.2 Å². The second-order valence-electron chi connectivity index (χ2n) is 5.42. The van der Waals surface area contributed by atoms with Gasteiger partial charge in [0.2, 0.25) is 0 Å². The van der Waals surface area contributed by atoms with Crippen LogP contribution in [0.15, 0.2) is 35.8 Å². The molecule has 1 N–H and O–H groups in total. The molecule has 0 saturated carbocycles. The van der Waals surface area contributed by atoms with Crippen LogP contribution in [0.3, 0.4) is 0 Å². The minimum atomic E-state index is 0.0219. The Hall–Kier alpha value is -2.14. The molecule has 22 heavy (non-hydrogen) atoms. The minimum absolute atomic E-state index is 0.0219. The van der Waals surface area contributed by atoms with Gasteiger partial charge in [0.15, 0.2) is 0 Å². The van der Waals surface area contributed by atoms with Gasteiger partial charge in [-0.15, -0.1) is 11.3 Å². The van der Waals surface area contributed by atoms with E-state index in [4.69, 9.17) is 0 Å². The van der Waals surface area contributed by atoms with Crippen molar-refractivity contribution in [2.45, 2.75) is 26.8 Å². The quantitative estimate of drug-likeness (QED) is 0.732. The molecule has 0 aliphatic heterocycles. The second-order valence-corrected chi connectivity index (χ2v) is 6.33. The number of thiophene rings is 1. The summed E-state index contributed by atoms with van der Waals surface area (Å²) < 4.78 is 2.00. The van der Waals surface area contributed by atoms with E-state index in [0.717, 1.165) is 28.9 Å². The fourth-order valence-electron chi connectivity index (χ4n) is 2.54. The summed E-state index contributed by atoms with van der Waals surface area (Å²) >= 11 is 1.49. The van der Waals surface area contributed by atoms with E-state index in [1.165, 1.54) is 22.3 Å². The number of aromatic nitrogens is 2. The zero-order valence-electron chi connectivity index (χ0n) is 12.8. The SMILES string of the molecule is Cc1ccsc1C(=O)NCCCn1ncc2c(C)cccc21. The molecule has 1 amide bonds. The zero-order chi connectivity index (χ0) is 15.5. The third-order valence-corrected chi connectivity index (χ3v) is 4.82. The number of nitrogens with zero attached hydrogens (tertiary/aromatic N) is 2. The molecule has 2 aromatic heterocycles. The number of carbonyl (C=O) groups excluding carboxylic acids is 1. The molecule has 3 aromatic rings. The van der Waals surface area contributed by atoms with Crippen LogP contribution in [0.1, 0.15) is 27.2 Å². The summed E-state index contributed by atoms with van der Waals surface area (Å²) in [5.74, 6) is 0.0219. The van der Waals surface area contributed by atoms with E-state index in [0.29, 0.717) is 6.54 Å². The van der Waals surface area contributed by atoms with E-state index in [2.05, 4.69) is 35.5 Å². The first-order valence-corrected chi connectivity index (χ1v) is 8.28. The zero-order valence-corrected chi connectivity index (χ0v) is 13.6. The highest BCUT2D eigenvalue weighted by molar-refractivity contribution is 7.12. The number of hydrogen-bond donors (Lipinski definition) is 1. The topological polar surface area (TPSA) is 46.9 Å². The van der Waals surface area contributed by atoms with Gasteiger partial charge in [-0.3, -0.25) is 9.48 Å². The lowest BCUT2D eigenvalue weighted by molar-refractivity contribution is 0.0956. The first-order valence-electron chi connectivity index (χ1n) is 7.40. The van der Waals surface area contributed by atoms with Crippen LogP contribution in [0.4, 0.5) is 0 Å². The van der Waals surface area contributed by atoms with Gasteiger partial charge in [0.1, 0.15) is 0 Å². The largest absolute Gasteiger partial charge is 0.351 e. The average Bonchev–Trinajstić information content (AvgIpc) is 3.11. The van der Waals surface area contributed by atoms with Crippen molar-refractivity contribution >= 4 is 28.1 Å². The van der Waals surface area contributed by atoms with Gasteiger partial charge in [0.25, 0.3) is 5.91 Å². The van der Waals surface area contributed by atoms with Gasteiger partial charge < -0.3 is 5.32 Å². The molecule has 0 saturated heterocycles. The number of fused-ring (bicyclic) bond motifs is 1. The highest BCUT2D eigenvalue weighted by Gasteiger charge is 2.09. The minimum Gasteiger partial charge on any atom is -0.351 e. The number of carbonyl (C=O) groups is 1. The van der Waals surface area contributed by atoms with Crippen LogP contribution >= 0.6 is 11.3 Å². The average molecular weight is 313 g/mol. The fourth-order valence-corrected chi connectivity index (χ4v) is 3.38. The number of nitrogens with one attached hydrogen (secondary N) is 1. The summed E-state index contributed by atoms with van der Waals surface area (Å²) in [6.07, 6.45) is 2.78. The van der Waals surface area contributed by atoms with Gasteiger partial charge in [-0.25, -0.2) is 0 Å². The van der Waals surface area contributed by atoms with E-state index in [1.54, 1.807) is 0 Å². The van der Waals surface area contributed by atoms with Gasteiger partial charge in [-0.05, 0) is 48.9 Å². The van der Waals surface area contributed by atoms with Crippen molar-refractivity contribution in [2.75, 3.05) is 6.54 Å². The van der Waals surface area contributed by atoms with Crippen LogP contribution in [0.5, 0.6) is 0 Å². The molecule has 5 heteroatoms. The highest BCUT2D eigenvalue weighted by atomic mass is 32.1. The van der Waals surface area contributed by atoms with Crippen molar-refractivity contribution in [3.05, 3.63) is 51.8 Å². The summed E-state index contributed by atoms with van der Waals surface area (Å²) in [5.41, 5.74) is 3.43. The van der Waals surface area contributed by atoms with Crippen LogP contribution in [-0.2, 0) is 6.54 Å². The molecule has 0 spiro atoms. The number of benzene rings is 1. The Morgan fingerprint density at radius 1 is 1.27 bits per heavy atom. The van der Waals surface area contributed by atoms with Gasteiger partial charge in [0.05, 0.1) is 16.6 Å². The lowest BCUT2D eigenvalue weighted by Crippen LogP contribution is -2.25. The van der Waals surface area contributed by atoms with Crippen LogP contribution in [0, 0.1) is 13.8 Å². The first kappa shape index (κ1) is 14.8. The lowest BCUT2D eigenvalue weighted by atomic mass is 10.1. The van der Waals surface area contributed by atoms with Crippen molar-refractivity contribution in [1.82, 2.24) is 15.1 Å². The van der Waals surface area contributed by atoms with E-state index >= 15 is 0 Å². The summed E-state index contributed by atoms with van der Waals surface area (Å²) in [7, 11) is 0. The molecule has 0 unspecified atom stereocenters. The fraction of sp³-hybridized carbons (Fsp3) is 0.294. The van der Waals surface area contributed by atoms with Gasteiger partial charge >= 0.3 is 0 Å². The first-order chi connectivity index (χ1) is 10.7. The third-order valence-electron chi connectivity index (χ3n) is 3.81. The number of rotatable bonds is 5. The monoisotopic (exact) mass is 313 g/mol. The van der Waals surface area contributed by atoms with Crippen molar-refractivity contribution in [3.8, 4) is 0 Å². The molecule has 0 fully saturated rings. The molecule has 0 atom stereocenters. The summed E-state index contributed by atoms with van der Waals surface area (Å²) in [6, 6.07) is 8.20. The predicted octanol–water partition coefficient (Wildman–Crippen LogP) is 3.53. The highest BCUT2D eigenvalue weighted by Crippen LogP contribution is 2.18. The summed E-state index contributed by atoms with van der Waals surface area (Å²) in [4.78, 5) is 12.8. The van der Waals surface area contributed by atoms with Gasteiger partial charge in [0, 0.05) is 18.5 Å². The molecule has 0 radical (unpaired) electrons. The molecule has 0 bridgehead atoms. The summed E-state index contributed by atoms with van der Waals surface area (Å²) in [5, 5.41) is 10.6. The predicted molar refractivity (Wildman–Crippen MR) is 90.5 cm³/mol. The summed E-state index contributed by atoms with van der Waals surface area (Å²) in [6.45, 7) is 5.52. The van der Waals surface area contributed by atoms with E-state index < -0.39 is 0 Å². The van der Waals surface area contributed by atoms with E-state index in [-0.39, 0.29) is 5.91 Å². The standard InChI is InChI=1S/C17H19N3OS/c1-12-5-3-6-15-14(12)11-19-20(15)9-4-8-18-17(21)16-13(2)7-10-22-16/h3,5-7,10-11H,4,8-9H2,1-2H3,(H,18,21). The van der Waals surface area contributed by atoms with Crippen molar-refractivity contribution < 1.29 is 4.79 Å². The second kappa shape index (κ2) is 6.32. The Balaban J connectivity index is 1.56. The molecule has 1 aromatic carbocycles. The maximum Gasteiger partial charge on any atom is 0.261 e. The van der Waals surface area contributed by atoms with Crippen molar-refractivity contribution in [2.24, 2.45) is 0 Å². The Morgan fingerprint density at radius 2 is 2.14 bits per heavy atom. The maximum absolute atomic E-state index is 12.0.